The number of piperazine rings is 1. The van der Waals surface area contributed by atoms with Crippen molar-refractivity contribution in [3.05, 3.63) is 64.2 Å². The number of hydrogen-bond acceptors (Lipinski definition) is 3. The monoisotopic (exact) mass is 386 g/mol. The van der Waals surface area contributed by atoms with Crippen molar-refractivity contribution in [2.24, 2.45) is 0 Å². The number of sulfonamides is 1. The highest BCUT2D eigenvalue weighted by atomic mass is 32.2. The lowest BCUT2D eigenvalue weighted by molar-refractivity contribution is 0.0697. The van der Waals surface area contributed by atoms with Crippen LogP contribution in [0, 0.1) is 27.7 Å². The summed E-state index contributed by atoms with van der Waals surface area (Å²) in [5.74, 6) is -0.0312. The molecule has 0 unspecified atom stereocenters. The molecule has 1 saturated heterocycles. The van der Waals surface area contributed by atoms with E-state index in [-0.39, 0.29) is 5.91 Å². The Balaban J connectivity index is 1.75. The molecule has 1 fully saturated rings. The minimum atomic E-state index is -3.55. The number of carbonyl (C=O) groups excluding carboxylic acids is 1. The Kier molecular flexibility index (Phi) is 5.40. The average Bonchev–Trinajstić information content (AvgIpc) is 2.63. The van der Waals surface area contributed by atoms with Gasteiger partial charge >= 0.3 is 0 Å². The van der Waals surface area contributed by atoms with E-state index in [4.69, 9.17) is 0 Å². The van der Waals surface area contributed by atoms with Crippen molar-refractivity contribution in [3.63, 3.8) is 0 Å². The van der Waals surface area contributed by atoms with Crippen molar-refractivity contribution >= 4 is 15.9 Å². The molecule has 1 amide bonds. The summed E-state index contributed by atoms with van der Waals surface area (Å²) in [6.45, 7) is 9.05. The van der Waals surface area contributed by atoms with E-state index in [9.17, 15) is 13.2 Å². The van der Waals surface area contributed by atoms with Crippen molar-refractivity contribution in [2.75, 3.05) is 26.2 Å². The number of amides is 1. The van der Waals surface area contributed by atoms with Crippen LogP contribution in [-0.4, -0.2) is 49.7 Å². The summed E-state index contributed by atoms with van der Waals surface area (Å²) in [4.78, 5) is 14.9. The number of benzene rings is 2. The van der Waals surface area contributed by atoms with Gasteiger partial charge in [-0.15, -0.1) is 0 Å². The summed E-state index contributed by atoms with van der Waals surface area (Å²) < 4.78 is 27.5. The lowest BCUT2D eigenvalue weighted by Crippen LogP contribution is -2.50. The molecule has 27 heavy (non-hydrogen) atoms. The Morgan fingerprint density at radius 3 is 2.04 bits per heavy atom. The molecule has 0 aliphatic carbocycles. The first-order valence-corrected chi connectivity index (χ1v) is 10.6. The summed E-state index contributed by atoms with van der Waals surface area (Å²) in [5.41, 5.74) is 4.42. The van der Waals surface area contributed by atoms with Crippen molar-refractivity contribution in [3.8, 4) is 0 Å². The van der Waals surface area contributed by atoms with E-state index in [1.807, 2.05) is 58.0 Å². The van der Waals surface area contributed by atoms with E-state index < -0.39 is 10.0 Å². The molecule has 1 aliphatic rings. The molecule has 0 aromatic heterocycles. The number of carbonyl (C=O) groups is 1. The molecule has 144 valence electrons. The summed E-state index contributed by atoms with van der Waals surface area (Å²) in [6, 6.07) is 11.2. The van der Waals surface area contributed by atoms with Crippen molar-refractivity contribution in [1.82, 2.24) is 9.21 Å². The topological polar surface area (TPSA) is 57.7 Å². The Labute approximate surface area is 161 Å². The SMILES string of the molecule is Cc1ccc(C(=O)N2CCN(S(=O)(=O)c3cc(C)ccc3C)CC2)c(C)c1. The molecule has 3 rings (SSSR count). The van der Waals surface area contributed by atoms with Crippen LogP contribution in [0.1, 0.15) is 32.6 Å². The fraction of sp³-hybridized carbons (Fsp3) is 0.381. The van der Waals surface area contributed by atoms with Gasteiger partial charge in [0.15, 0.2) is 0 Å². The van der Waals surface area contributed by atoms with E-state index in [2.05, 4.69) is 0 Å². The maximum Gasteiger partial charge on any atom is 0.254 e. The molecule has 2 aromatic carbocycles. The predicted molar refractivity (Wildman–Crippen MR) is 106 cm³/mol. The molecular formula is C21H26N2O3S. The standard InChI is InChI=1S/C21H26N2O3S/c1-15-6-8-19(18(4)13-15)21(24)22-9-11-23(12-10-22)27(25,26)20-14-16(2)5-7-17(20)3/h5-8,13-14H,9-12H2,1-4H3. The molecule has 0 bridgehead atoms. The summed E-state index contributed by atoms with van der Waals surface area (Å²) in [6.07, 6.45) is 0. The van der Waals surface area contributed by atoms with Crippen LogP contribution >= 0.6 is 0 Å². The number of hydrogen-bond donors (Lipinski definition) is 0. The minimum Gasteiger partial charge on any atom is -0.336 e. The molecule has 0 radical (unpaired) electrons. The second-order valence-corrected chi connectivity index (χ2v) is 9.19. The maximum atomic E-state index is 13.0. The number of nitrogens with zero attached hydrogens (tertiary/aromatic N) is 2. The fourth-order valence-electron chi connectivity index (χ4n) is 3.48. The van der Waals surface area contributed by atoms with Crippen LogP contribution in [0.15, 0.2) is 41.3 Å². The highest BCUT2D eigenvalue weighted by molar-refractivity contribution is 7.89. The molecule has 0 atom stereocenters. The lowest BCUT2D eigenvalue weighted by Gasteiger charge is -2.34. The summed E-state index contributed by atoms with van der Waals surface area (Å²) >= 11 is 0. The molecular weight excluding hydrogens is 360 g/mol. The van der Waals surface area contributed by atoms with Gasteiger partial charge in [-0.3, -0.25) is 4.79 Å². The Morgan fingerprint density at radius 2 is 1.41 bits per heavy atom. The molecule has 1 aliphatic heterocycles. The van der Waals surface area contributed by atoms with E-state index in [1.165, 1.54) is 4.31 Å². The van der Waals surface area contributed by atoms with Gasteiger partial charge in [0.2, 0.25) is 10.0 Å². The van der Waals surface area contributed by atoms with Crippen LogP contribution in [-0.2, 0) is 10.0 Å². The van der Waals surface area contributed by atoms with Gasteiger partial charge < -0.3 is 4.90 Å². The average molecular weight is 387 g/mol. The third-order valence-corrected chi connectivity index (χ3v) is 7.14. The second kappa shape index (κ2) is 7.44. The first-order chi connectivity index (χ1) is 12.7. The van der Waals surface area contributed by atoms with Crippen LogP contribution < -0.4 is 0 Å². The van der Waals surface area contributed by atoms with Crippen molar-refractivity contribution < 1.29 is 13.2 Å². The first-order valence-electron chi connectivity index (χ1n) is 9.14. The van der Waals surface area contributed by atoms with Crippen molar-refractivity contribution in [2.45, 2.75) is 32.6 Å². The third-order valence-electron chi connectivity index (χ3n) is 5.10. The molecule has 1 heterocycles. The Bertz CT molecular complexity index is 975. The van der Waals surface area contributed by atoms with E-state index >= 15 is 0 Å². The molecule has 0 N–H and O–H groups in total. The third kappa shape index (κ3) is 3.92. The van der Waals surface area contributed by atoms with Crippen LogP contribution in [0.4, 0.5) is 0 Å². The maximum absolute atomic E-state index is 13.0. The van der Waals surface area contributed by atoms with E-state index in [0.29, 0.717) is 36.6 Å². The quantitative estimate of drug-likeness (QED) is 0.815. The van der Waals surface area contributed by atoms with Crippen LogP contribution in [0.3, 0.4) is 0 Å². The van der Waals surface area contributed by atoms with Gasteiger partial charge in [-0.2, -0.15) is 4.31 Å². The zero-order valence-electron chi connectivity index (χ0n) is 16.3. The van der Waals surface area contributed by atoms with E-state index in [0.717, 1.165) is 22.3 Å². The van der Waals surface area contributed by atoms with Gasteiger partial charge in [0.25, 0.3) is 5.91 Å². The normalized spacial score (nSPS) is 15.8. The highest BCUT2D eigenvalue weighted by Crippen LogP contribution is 2.23. The zero-order valence-corrected chi connectivity index (χ0v) is 17.1. The van der Waals surface area contributed by atoms with Gasteiger partial charge in [0, 0.05) is 31.7 Å². The number of aryl methyl sites for hydroxylation is 4. The van der Waals surface area contributed by atoms with Crippen LogP contribution in [0.2, 0.25) is 0 Å². The first kappa shape index (κ1) is 19.6. The fourth-order valence-corrected chi connectivity index (χ4v) is 5.21. The highest BCUT2D eigenvalue weighted by Gasteiger charge is 2.31. The minimum absolute atomic E-state index is 0.0312. The molecule has 5 nitrogen and oxygen atoms in total. The van der Waals surface area contributed by atoms with E-state index in [1.54, 1.807) is 11.0 Å². The van der Waals surface area contributed by atoms with Gasteiger partial charge in [-0.25, -0.2) is 8.42 Å². The van der Waals surface area contributed by atoms with Crippen LogP contribution in [0.25, 0.3) is 0 Å². The second-order valence-electron chi connectivity index (χ2n) is 7.28. The van der Waals surface area contributed by atoms with Crippen LogP contribution in [0.5, 0.6) is 0 Å². The van der Waals surface area contributed by atoms with Gasteiger partial charge in [0.1, 0.15) is 0 Å². The molecule has 0 saturated carbocycles. The van der Waals surface area contributed by atoms with Gasteiger partial charge in [0.05, 0.1) is 4.90 Å². The zero-order chi connectivity index (χ0) is 19.8. The summed E-state index contributed by atoms with van der Waals surface area (Å²) in [7, 11) is -3.55. The van der Waals surface area contributed by atoms with Gasteiger partial charge in [-0.05, 0) is 56.5 Å². The predicted octanol–water partition coefficient (Wildman–Crippen LogP) is 3.07. The molecule has 2 aromatic rings. The number of rotatable bonds is 3. The lowest BCUT2D eigenvalue weighted by atomic mass is 10.0. The Morgan fingerprint density at radius 1 is 0.815 bits per heavy atom. The Hall–Kier alpha value is -2.18. The smallest absolute Gasteiger partial charge is 0.254 e. The summed E-state index contributed by atoms with van der Waals surface area (Å²) in [5, 5.41) is 0. The molecule has 6 heteroatoms. The molecule has 0 spiro atoms. The largest absolute Gasteiger partial charge is 0.336 e. The van der Waals surface area contributed by atoms with Gasteiger partial charge in [-0.1, -0.05) is 29.8 Å². The van der Waals surface area contributed by atoms with Crippen molar-refractivity contribution in [1.29, 1.82) is 0 Å².